The van der Waals surface area contributed by atoms with Crippen molar-refractivity contribution in [2.75, 3.05) is 0 Å². The van der Waals surface area contributed by atoms with Crippen LogP contribution in [0.1, 0.15) is 27.7 Å². The van der Waals surface area contributed by atoms with Gasteiger partial charge in [0.05, 0.1) is 11.2 Å². The Morgan fingerprint density at radius 1 is 0.750 bits per heavy atom. The van der Waals surface area contributed by atoms with Crippen LogP contribution in [0.25, 0.3) is 31.3 Å². The third kappa shape index (κ3) is 2.71. The minimum absolute atomic E-state index is 0.326. The van der Waals surface area contributed by atoms with Gasteiger partial charge in [0.2, 0.25) is 0 Å². The maximum atomic E-state index is 6.25. The van der Waals surface area contributed by atoms with Gasteiger partial charge in [-0.2, -0.15) is 0 Å². The molecule has 1 saturated heterocycles. The van der Waals surface area contributed by atoms with E-state index in [1.165, 1.54) is 31.3 Å². The van der Waals surface area contributed by atoms with Gasteiger partial charge < -0.3 is 9.31 Å². The molecule has 0 saturated carbocycles. The van der Waals surface area contributed by atoms with Gasteiger partial charge in [-0.15, -0.1) is 11.3 Å². The molecule has 1 fully saturated rings. The molecule has 0 radical (unpaired) electrons. The minimum Gasteiger partial charge on any atom is -0.399 e. The zero-order valence-electron chi connectivity index (χ0n) is 16.7. The lowest BCUT2D eigenvalue weighted by molar-refractivity contribution is 0.00578. The molecule has 0 spiro atoms. The van der Waals surface area contributed by atoms with Crippen molar-refractivity contribution in [3.05, 3.63) is 66.7 Å². The van der Waals surface area contributed by atoms with Crippen LogP contribution in [0, 0.1) is 0 Å². The molecule has 4 aromatic rings. The molecule has 0 N–H and O–H groups in total. The number of thiophene rings is 1. The zero-order chi connectivity index (χ0) is 19.5. The van der Waals surface area contributed by atoms with E-state index in [0.717, 1.165) is 5.46 Å². The van der Waals surface area contributed by atoms with E-state index in [1.54, 1.807) is 0 Å². The van der Waals surface area contributed by atoms with Crippen LogP contribution in [0.4, 0.5) is 0 Å². The van der Waals surface area contributed by atoms with Crippen LogP contribution in [-0.2, 0) is 9.31 Å². The summed E-state index contributed by atoms with van der Waals surface area (Å²) in [6, 6.07) is 23.8. The number of fused-ring (bicyclic) bond motifs is 3. The summed E-state index contributed by atoms with van der Waals surface area (Å²) < 4.78 is 15.1. The molecule has 0 amide bonds. The Hall–Kier alpha value is -2.14. The van der Waals surface area contributed by atoms with Gasteiger partial charge in [0.25, 0.3) is 0 Å². The van der Waals surface area contributed by atoms with E-state index in [-0.39, 0.29) is 18.3 Å². The molecule has 0 aliphatic carbocycles. The highest BCUT2D eigenvalue weighted by Crippen LogP contribution is 2.40. The largest absolute Gasteiger partial charge is 0.494 e. The number of rotatable bonds is 2. The summed E-state index contributed by atoms with van der Waals surface area (Å²) in [5.74, 6) is 0. The average molecular weight is 386 g/mol. The molecule has 0 unspecified atom stereocenters. The summed E-state index contributed by atoms with van der Waals surface area (Å²) in [5.41, 5.74) is 2.97. The van der Waals surface area contributed by atoms with Crippen molar-refractivity contribution >= 4 is 44.1 Å². The van der Waals surface area contributed by atoms with Crippen LogP contribution in [0.15, 0.2) is 66.7 Å². The molecule has 5 rings (SSSR count). The first-order chi connectivity index (χ1) is 13.4. The first-order valence-corrected chi connectivity index (χ1v) is 10.5. The van der Waals surface area contributed by atoms with E-state index in [9.17, 15) is 0 Å². The Morgan fingerprint density at radius 3 is 2.18 bits per heavy atom. The first kappa shape index (κ1) is 17.9. The molecule has 3 aromatic carbocycles. The summed E-state index contributed by atoms with van der Waals surface area (Å²) in [6.07, 6.45) is 0. The van der Waals surface area contributed by atoms with Gasteiger partial charge in [0.1, 0.15) is 0 Å². The van der Waals surface area contributed by atoms with Crippen molar-refractivity contribution in [1.29, 1.82) is 0 Å². The summed E-state index contributed by atoms with van der Waals surface area (Å²) in [4.78, 5) is 0. The molecular formula is C24H23BO2S. The van der Waals surface area contributed by atoms with Gasteiger partial charge in [0, 0.05) is 20.2 Å². The van der Waals surface area contributed by atoms with Crippen LogP contribution >= 0.6 is 11.3 Å². The van der Waals surface area contributed by atoms with Crippen molar-refractivity contribution in [2.45, 2.75) is 38.9 Å². The molecule has 0 bridgehead atoms. The van der Waals surface area contributed by atoms with E-state index in [2.05, 4.69) is 94.4 Å². The summed E-state index contributed by atoms with van der Waals surface area (Å²) in [7, 11) is -0.326. The second-order valence-electron chi connectivity index (χ2n) is 8.49. The number of hydrogen-bond donors (Lipinski definition) is 0. The van der Waals surface area contributed by atoms with E-state index < -0.39 is 0 Å². The second kappa shape index (κ2) is 6.18. The van der Waals surface area contributed by atoms with Crippen LogP contribution in [0.2, 0.25) is 0 Å². The molecule has 4 heteroatoms. The van der Waals surface area contributed by atoms with Gasteiger partial charge in [-0.25, -0.2) is 0 Å². The smallest absolute Gasteiger partial charge is 0.399 e. The van der Waals surface area contributed by atoms with Crippen LogP contribution in [0.5, 0.6) is 0 Å². The van der Waals surface area contributed by atoms with Crippen LogP contribution in [-0.4, -0.2) is 18.3 Å². The van der Waals surface area contributed by atoms with Gasteiger partial charge >= 0.3 is 7.12 Å². The predicted molar refractivity (Wildman–Crippen MR) is 120 cm³/mol. The van der Waals surface area contributed by atoms with Crippen LogP contribution < -0.4 is 5.46 Å². The highest BCUT2D eigenvalue weighted by Gasteiger charge is 2.51. The number of hydrogen-bond acceptors (Lipinski definition) is 3. The van der Waals surface area contributed by atoms with Crippen molar-refractivity contribution in [1.82, 2.24) is 0 Å². The monoisotopic (exact) mass is 386 g/mol. The third-order valence-corrected chi connectivity index (χ3v) is 7.33. The summed E-state index contributed by atoms with van der Waals surface area (Å²) >= 11 is 1.84. The second-order valence-corrected chi connectivity index (χ2v) is 9.55. The fourth-order valence-corrected chi connectivity index (χ4v) is 5.07. The lowest BCUT2D eigenvalue weighted by Gasteiger charge is -2.32. The standard InChI is InChI=1S/C24H23BO2S/c1-23(2)24(3,4)27-25(26-23)17-13-14-19-20-12-8-11-18(16-9-6-5-7-10-16)22(20)28-21(19)15-17/h5-15H,1-4H3. The van der Waals surface area contributed by atoms with Crippen molar-refractivity contribution in [2.24, 2.45) is 0 Å². The van der Waals surface area contributed by atoms with Crippen molar-refractivity contribution < 1.29 is 9.31 Å². The molecule has 1 aliphatic heterocycles. The Labute approximate surface area is 170 Å². The third-order valence-electron chi connectivity index (χ3n) is 6.13. The molecule has 2 heterocycles. The number of benzene rings is 3. The topological polar surface area (TPSA) is 18.5 Å². The van der Waals surface area contributed by atoms with Gasteiger partial charge in [-0.1, -0.05) is 60.7 Å². The van der Waals surface area contributed by atoms with Crippen molar-refractivity contribution in [3.63, 3.8) is 0 Å². The van der Waals surface area contributed by atoms with E-state index >= 15 is 0 Å². The molecule has 140 valence electrons. The van der Waals surface area contributed by atoms with E-state index in [4.69, 9.17) is 9.31 Å². The molecule has 0 atom stereocenters. The van der Waals surface area contributed by atoms with Crippen LogP contribution in [0.3, 0.4) is 0 Å². The molecule has 28 heavy (non-hydrogen) atoms. The fourth-order valence-electron chi connectivity index (χ4n) is 3.79. The Morgan fingerprint density at radius 2 is 1.46 bits per heavy atom. The molecular weight excluding hydrogens is 363 g/mol. The zero-order valence-corrected chi connectivity index (χ0v) is 17.5. The summed E-state index contributed by atoms with van der Waals surface area (Å²) in [5, 5.41) is 2.60. The maximum absolute atomic E-state index is 6.25. The van der Waals surface area contributed by atoms with Gasteiger partial charge in [-0.3, -0.25) is 0 Å². The fraction of sp³-hybridized carbons (Fsp3) is 0.250. The molecule has 1 aliphatic rings. The van der Waals surface area contributed by atoms with Gasteiger partial charge in [0.15, 0.2) is 0 Å². The lowest BCUT2D eigenvalue weighted by Crippen LogP contribution is -2.41. The molecule has 2 nitrogen and oxygen atoms in total. The Balaban J connectivity index is 1.63. The molecule has 1 aromatic heterocycles. The highest BCUT2D eigenvalue weighted by molar-refractivity contribution is 7.26. The predicted octanol–water partition coefficient (Wildman–Crippen LogP) is 6.02. The average Bonchev–Trinajstić information content (AvgIpc) is 3.15. The summed E-state index contributed by atoms with van der Waals surface area (Å²) in [6.45, 7) is 8.38. The normalized spacial score (nSPS) is 18.2. The minimum atomic E-state index is -0.326. The van der Waals surface area contributed by atoms with Crippen molar-refractivity contribution in [3.8, 4) is 11.1 Å². The Bertz CT molecular complexity index is 1160. The van der Waals surface area contributed by atoms with Gasteiger partial charge in [-0.05, 0) is 50.4 Å². The van der Waals surface area contributed by atoms with E-state index in [0.29, 0.717) is 0 Å². The Kier molecular flexibility index (Phi) is 3.96. The quantitative estimate of drug-likeness (QED) is 0.392. The van der Waals surface area contributed by atoms with E-state index in [1.807, 2.05) is 11.3 Å². The maximum Gasteiger partial charge on any atom is 0.494 e. The highest BCUT2D eigenvalue weighted by atomic mass is 32.1. The first-order valence-electron chi connectivity index (χ1n) is 9.72. The SMILES string of the molecule is CC1(C)OB(c2ccc3c(c2)sc2c(-c4ccccc4)cccc23)OC1(C)C. The lowest BCUT2D eigenvalue weighted by atomic mass is 9.79.